The van der Waals surface area contributed by atoms with E-state index in [2.05, 4.69) is 169 Å². The van der Waals surface area contributed by atoms with E-state index in [-0.39, 0.29) is 0 Å². The van der Waals surface area contributed by atoms with Crippen molar-refractivity contribution in [3.63, 3.8) is 0 Å². The van der Waals surface area contributed by atoms with Crippen LogP contribution in [0.4, 0.5) is 0 Å². The van der Waals surface area contributed by atoms with Crippen molar-refractivity contribution in [2.75, 3.05) is 0 Å². The van der Waals surface area contributed by atoms with Crippen LogP contribution in [0.3, 0.4) is 0 Å². The Hall–Kier alpha value is -7.76. The van der Waals surface area contributed by atoms with Crippen LogP contribution in [0.5, 0.6) is 0 Å². The average molecular weight is 744 g/mol. The summed E-state index contributed by atoms with van der Waals surface area (Å²) in [4.78, 5) is 10.5. The Kier molecular flexibility index (Phi) is 7.23. The van der Waals surface area contributed by atoms with Gasteiger partial charge in [-0.1, -0.05) is 146 Å². The van der Waals surface area contributed by atoms with Crippen LogP contribution >= 0.6 is 0 Å². The van der Waals surface area contributed by atoms with Crippen molar-refractivity contribution in [2.24, 2.45) is 9.98 Å². The Morgan fingerprint density at radius 2 is 0.983 bits per heavy atom. The van der Waals surface area contributed by atoms with Crippen molar-refractivity contribution in [3.8, 4) is 22.3 Å². The molecule has 1 unspecified atom stereocenters. The minimum absolute atomic E-state index is 0.427. The Bertz CT molecular complexity index is 3500. The minimum atomic E-state index is -0.427. The van der Waals surface area contributed by atoms with E-state index in [9.17, 15) is 0 Å². The van der Waals surface area contributed by atoms with E-state index in [1.54, 1.807) is 0 Å². The van der Waals surface area contributed by atoms with Crippen LogP contribution in [0.15, 0.2) is 207 Å². The molecule has 5 heteroatoms. The maximum Gasteiger partial charge on any atom is 0.159 e. The van der Waals surface area contributed by atoms with E-state index in [4.69, 9.17) is 18.8 Å². The van der Waals surface area contributed by atoms with Gasteiger partial charge in [0, 0.05) is 38.2 Å². The summed E-state index contributed by atoms with van der Waals surface area (Å²) in [5, 5.41) is 12.8. The second kappa shape index (κ2) is 12.9. The molecule has 2 aromatic heterocycles. The molecule has 1 aliphatic rings. The van der Waals surface area contributed by atoms with E-state index in [0.717, 1.165) is 88.5 Å². The third-order valence-electron chi connectivity index (χ3n) is 11.5. The van der Waals surface area contributed by atoms with Crippen LogP contribution in [0.2, 0.25) is 0 Å². The summed E-state index contributed by atoms with van der Waals surface area (Å²) >= 11 is 0. The molecule has 272 valence electrons. The topological polar surface area (TPSA) is 63.0 Å². The molecule has 5 nitrogen and oxygen atoms in total. The number of hydrogen-bond acceptors (Lipinski definition) is 5. The van der Waals surface area contributed by atoms with Gasteiger partial charge in [0.05, 0.1) is 0 Å². The van der Waals surface area contributed by atoms with Gasteiger partial charge in [-0.2, -0.15) is 0 Å². The van der Waals surface area contributed by atoms with Crippen LogP contribution in [-0.2, 0) is 0 Å². The number of furan rings is 2. The zero-order valence-corrected chi connectivity index (χ0v) is 31.2. The summed E-state index contributed by atoms with van der Waals surface area (Å²) in [6.45, 7) is 0. The quantitative estimate of drug-likeness (QED) is 0.191. The number of hydrogen-bond donors (Lipinski definition) is 1. The smallest absolute Gasteiger partial charge is 0.159 e. The molecule has 0 radical (unpaired) electrons. The molecular formula is C53H33N3O2. The van der Waals surface area contributed by atoms with Crippen molar-refractivity contribution in [1.29, 1.82) is 0 Å². The number of benzene rings is 9. The molecule has 1 N–H and O–H groups in total. The fraction of sp³-hybridized carbons (Fsp3) is 0.0189. The molecule has 11 aromatic rings. The lowest BCUT2D eigenvalue weighted by Gasteiger charge is -2.24. The van der Waals surface area contributed by atoms with Gasteiger partial charge < -0.3 is 14.2 Å². The molecule has 0 amide bonds. The summed E-state index contributed by atoms with van der Waals surface area (Å²) in [6, 6.07) is 65.8. The first-order valence-corrected chi connectivity index (χ1v) is 19.6. The van der Waals surface area contributed by atoms with Crippen LogP contribution in [0.25, 0.3) is 87.7 Å². The lowest BCUT2D eigenvalue weighted by atomic mass is 9.97. The molecule has 0 bridgehead atoms. The summed E-state index contributed by atoms with van der Waals surface area (Å²) < 4.78 is 12.9. The van der Waals surface area contributed by atoms with Crippen molar-refractivity contribution >= 4 is 77.1 Å². The van der Waals surface area contributed by atoms with Crippen LogP contribution in [0.1, 0.15) is 22.9 Å². The molecule has 9 aromatic carbocycles. The van der Waals surface area contributed by atoms with E-state index in [0.29, 0.717) is 5.84 Å². The Morgan fingerprint density at radius 1 is 0.397 bits per heavy atom. The van der Waals surface area contributed by atoms with Crippen LogP contribution in [0, 0.1) is 0 Å². The fourth-order valence-corrected chi connectivity index (χ4v) is 8.67. The average Bonchev–Trinajstić information content (AvgIpc) is 3.87. The fourth-order valence-electron chi connectivity index (χ4n) is 8.67. The highest BCUT2D eigenvalue weighted by molar-refractivity contribution is 6.16. The summed E-state index contributed by atoms with van der Waals surface area (Å²) in [5.41, 5.74) is 10.8. The highest BCUT2D eigenvalue weighted by atomic mass is 16.3. The third kappa shape index (κ3) is 5.32. The lowest BCUT2D eigenvalue weighted by molar-refractivity contribution is 0.662. The van der Waals surface area contributed by atoms with Crippen molar-refractivity contribution < 1.29 is 8.83 Å². The number of aliphatic imine (C=N–C) groups is 2. The molecule has 3 heterocycles. The standard InChI is InChI=1S/C53H33N3O2/c1-3-11-36-29-38(25-21-32(36)9-1)34-19-23-35(24-20-34)51-54-52(40-26-22-33-10-2-4-12-37(33)30-40)56-53(55-51)44-15-8-18-47-50(44)43-28-27-39(31-48(43)58-47)41-14-7-17-46-49(41)42-13-5-6-16-45(42)57-46/h1-31,53H,(H,54,55,56). The van der Waals surface area contributed by atoms with Gasteiger partial charge in [-0.25, -0.2) is 9.98 Å². The molecule has 1 aliphatic heterocycles. The number of nitrogens with zero attached hydrogens (tertiary/aromatic N) is 2. The van der Waals surface area contributed by atoms with Crippen molar-refractivity contribution in [3.05, 3.63) is 205 Å². The first-order chi connectivity index (χ1) is 28.7. The van der Waals surface area contributed by atoms with Gasteiger partial charge in [-0.15, -0.1) is 0 Å². The second-order valence-corrected chi connectivity index (χ2v) is 15.0. The molecular weight excluding hydrogens is 711 g/mol. The van der Waals surface area contributed by atoms with Crippen molar-refractivity contribution in [1.82, 2.24) is 5.32 Å². The Balaban J connectivity index is 0.974. The SMILES string of the molecule is c1ccc2cc(C3=NC(c4ccc(-c5ccc6ccccc6c5)cc4)=NC(c4cccc5oc6cc(-c7cccc8oc9ccccc9c78)ccc6c45)N3)ccc2c1. The molecule has 0 aliphatic carbocycles. The summed E-state index contributed by atoms with van der Waals surface area (Å²) in [5.74, 6) is 1.44. The van der Waals surface area contributed by atoms with Gasteiger partial charge in [-0.05, 0) is 86.3 Å². The zero-order valence-electron chi connectivity index (χ0n) is 31.2. The number of rotatable bonds is 5. The molecule has 0 spiro atoms. The van der Waals surface area contributed by atoms with Crippen LogP contribution < -0.4 is 5.32 Å². The van der Waals surface area contributed by atoms with E-state index >= 15 is 0 Å². The molecule has 0 fully saturated rings. The highest BCUT2D eigenvalue weighted by Crippen LogP contribution is 2.41. The predicted molar refractivity (Wildman–Crippen MR) is 239 cm³/mol. The Labute approximate surface area is 333 Å². The highest BCUT2D eigenvalue weighted by Gasteiger charge is 2.25. The third-order valence-corrected chi connectivity index (χ3v) is 11.5. The van der Waals surface area contributed by atoms with Gasteiger partial charge in [0.2, 0.25) is 0 Å². The Morgan fingerprint density at radius 3 is 1.79 bits per heavy atom. The second-order valence-electron chi connectivity index (χ2n) is 15.0. The minimum Gasteiger partial charge on any atom is -0.456 e. The largest absolute Gasteiger partial charge is 0.456 e. The first kappa shape index (κ1) is 32.5. The number of nitrogens with one attached hydrogen (secondary N) is 1. The predicted octanol–water partition coefficient (Wildman–Crippen LogP) is 13.6. The normalized spacial score (nSPS) is 14.4. The van der Waals surface area contributed by atoms with Gasteiger partial charge in [0.15, 0.2) is 5.84 Å². The van der Waals surface area contributed by atoms with Crippen LogP contribution in [-0.4, -0.2) is 11.7 Å². The van der Waals surface area contributed by atoms with Crippen molar-refractivity contribution in [2.45, 2.75) is 6.17 Å². The lowest BCUT2D eigenvalue weighted by Crippen LogP contribution is -2.33. The van der Waals surface area contributed by atoms with Gasteiger partial charge in [0.25, 0.3) is 0 Å². The van der Waals surface area contributed by atoms with E-state index in [1.807, 2.05) is 24.3 Å². The first-order valence-electron chi connectivity index (χ1n) is 19.6. The molecule has 12 rings (SSSR count). The maximum absolute atomic E-state index is 6.65. The number of fused-ring (bicyclic) bond motifs is 8. The number of amidine groups is 2. The molecule has 58 heavy (non-hydrogen) atoms. The monoisotopic (exact) mass is 743 g/mol. The summed E-state index contributed by atoms with van der Waals surface area (Å²) in [7, 11) is 0. The number of para-hydroxylation sites is 1. The zero-order chi connectivity index (χ0) is 38.2. The van der Waals surface area contributed by atoms with Gasteiger partial charge in [0.1, 0.15) is 34.3 Å². The van der Waals surface area contributed by atoms with Gasteiger partial charge >= 0.3 is 0 Å². The molecule has 1 atom stereocenters. The van der Waals surface area contributed by atoms with E-state index < -0.39 is 6.17 Å². The summed E-state index contributed by atoms with van der Waals surface area (Å²) in [6.07, 6.45) is -0.427. The van der Waals surface area contributed by atoms with Gasteiger partial charge in [-0.3, -0.25) is 0 Å². The maximum atomic E-state index is 6.65. The molecule has 0 saturated carbocycles. The van der Waals surface area contributed by atoms with E-state index in [1.165, 1.54) is 21.7 Å². The molecule has 0 saturated heterocycles.